The fraction of sp³-hybridized carbons (Fsp3) is 0.556. The topological polar surface area (TPSA) is 0 Å². The van der Waals surface area contributed by atoms with Crippen LogP contribution in [0.2, 0.25) is 0 Å². The second kappa shape index (κ2) is 5.61. The van der Waals surface area contributed by atoms with E-state index in [0.29, 0.717) is 0 Å². The quantitative estimate of drug-likeness (QED) is 0.398. The maximum Gasteiger partial charge on any atom is -0.0323 e. The summed E-state index contributed by atoms with van der Waals surface area (Å²) in [6, 6.07) is 0. The molecule has 0 atom stereocenters. The minimum atomic E-state index is 1.17. The van der Waals surface area contributed by atoms with Crippen molar-refractivity contribution < 1.29 is 0 Å². The maximum atomic E-state index is 3.83. The predicted molar refractivity (Wildman–Crippen MR) is 43.5 cm³/mol. The SMILES string of the molecule is C=C(C)CCCC=CC. The minimum absolute atomic E-state index is 1.17. The van der Waals surface area contributed by atoms with E-state index < -0.39 is 0 Å². The molecule has 0 nitrogen and oxygen atoms in total. The van der Waals surface area contributed by atoms with E-state index in [2.05, 4.69) is 32.6 Å². The summed E-state index contributed by atoms with van der Waals surface area (Å²) in [6.07, 6.45) is 7.91. The first-order valence-electron chi connectivity index (χ1n) is 3.53. The van der Waals surface area contributed by atoms with Gasteiger partial charge in [0.25, 0.3) is 0 Å². The van der Waals surface area contributed by atoms with Gasteiger partial charge in [-0.1, -0.05) is 17.7 Å². The molecular formula is C9H16. The van der Waals surface area contributed by atoms with Gasteiger partial charge in [0, 0.05) is 0 Å². The first kappa shape index (κ1) is 8.48. The largest absolute Gasteiger partial charge is 0.100 e. The van der Waals surface area contributed by atoms with Gasteiger partial charge in [-0.15, -0.1) is 6.58 Å². The third-order valence-corrected chi connectivity index (χ3v) is 1.21. The smallest absolute Gasteiger partial charge is 0.0323 e. The van der Waals surface area contributed by atoms with E-state index in [4.69, 9.17) is 0 Å². The molecule has 0 spiro atoms. The van der Waals surface area contributed by atoms with Gasteiger partial charge < -0.3 is 0 Å². The molecule has 0 saturated carbocycles. The van der Waals surface area contributed by atoms with Crippen LogP contribution in [0.4, 0.5) is 0 Å². The molecule has 0 aliphatic carbocycles. The summed E-state index contributed by atoms with van der Waals surface area (Å²) in [4.78, 5) is 0. The molecule has 0 unspecified atom stereocenters. The van der Waals surface area contributed by atoms with Crippen molar-refractivity contribution in [2.75, 3.05) is 0 Å². The monoisotopic (exact) mass is 124 g/mol. The van der Waals surface area contributed by atoms with Crippen molar-refractivity contribution in [2.24, 2.45) is 0 Å². The molecule has 0 aromatic carbocycles. The fourth-order valence-corrected chi connectivity index (χ4v) is 0.688. The van der Waals surface area contributed by atoms with Gasteiger partial charge in [-0.3, -0.25) is 0 Å². The molecule has 0 saturated heterocycles. The summed E-state index contributed by atoms with van der Waals surface area (Å²) in [5.41, 5.74) is 1.29. The highest BCUT2D eigenvalue weighted by Crippen LogP contribution is 2.03. The van der Waals surface area contributed by atoms with E-state index in [0.717, 1.165) is 0 Å². The van der Waals surface area contributed by atoms with Crippen molar-refractivity contribution in [1.82, 2.24) is 0 Å². The van der Waals surface area contributed by atoms with Gasteiger partial charge >= 0.3 is 0 Å². The molecule has 0 bridgehead atoms. The number of rotatable bonds is 4. The maximum absolute atomic E-state index is 3.83. The number of hydrogen-bond acceptors (Lipinski definition) is 0. The number of allylic oxidation sites excluding steroid dienone is 3. The summed E-state index contributed by atoms with van der Waals surface area (Å²) in [7, 11) is 0. The van der Waals surface area contributed by atoms with Gasteiger partial charge in [-0.25, -0.2) is 0 Å². The first-order valence-corrected chi connectivity index (χ1v) is 3.53. The lowest BCUT2D eigenvalue weighted by Crippen LogP contribution is -1.73. The lowest BCUT2D eigenvalue weighted by Gasteiger charge is -1.93. The van der Waals surface area contributed by atoms with Gasteiger partial charge in [-0.05, 0) is 33.1 Å². The molecule has 0 rings (SSSR count). The lowest BCUT2D eigenvalue weighted by molar-refractivity contribution is 0.834. The Hall–Kier alpha value is -0.520. The van der Waals surface area contributed by atoms with Crippen LogP contribution < -0.4 is 0 Å². The molecular weight excluding hydrogens is 108 g/mol. The van der Waals surface area contributed by atoms with Gasteiger partial charge in [0.1, 0.15) is 0 Å². The Morgan fingerprint density at radius 3 is 2.67 bits per heavy atom. The van der Waals surface area contributed by atoms with Crippen LogP contribution in [0.5, 0.6) is 0 Å². The third-order valence-electron chi connectivity index (χ3n) is 1.21. The Labute approximate surface area is 58.3 Å². The average molecular weight is 124 g/mol. The second-order valence-electron chi connectivity index (χ2n) is 2.42. The predicted octanol–water partition coefficient (Wildman–Crippen LogP) is 3.31. The van der Waals surface area contributed by atoms with Crippen LogP contribution in [0.3, 0.4) is 0 Å². The first-order chi connectivity index (χ1) is 4.27. The zero-order valence-corrected chi connectivity index (χ0v) is 6.48. The van der Waals surface area contributed by atoms with Crippen molar-refractivity contribution in [3.8, 4) is 0 Å². The zero-order chi connectivity index (χ0) is 7.11. The summed E-state index contributed by atoms with van der Waals surface area (Å²) >= 11 is 0. The zero-order valence-electron chi connectivity index (χ0n) is 6.48. The highest BCUT2D eigenvalue weighted by molar-refractivity contribution is 4.88. The highest BCUT2D eigenvalue weighted by Gasteiger charge is 1.83. The second-order valence-corrected chi connectivity index (χ2v) is 2.42. The van der Waals surface area contributed by atoms with E-state index in [1.165, 1.54) is 24.8 Å². The van der Waals surface area contributed by atoms with Crippen LogP contribution in [0.15, 0.2) is 24.3 Å². The molecule has 52 valence electrons. The van der Waals surface area contributed by atoms with E-state index in [-0.39, 0.29) is 0 Å². The summed E-state index contributed by atoms with van der Waals surface area (Å²) in [5.74, 6) is 0. The highest BCUT2D eigenvalue weighted by atomic mass is 13.9. The molecule has 0 aliphatic heterocycles. The van der Waals surface area contributed by atoms with Crippen LogP contribution >= 0.6 is 0 Å². The molecule has 9 heavy (non-hydrogen) atoms. The van der Waals surface area contributed by atoms with Gasteiger partial charge in [0.15, 0.2) is 0 Å². The van der Waals surface area contributed by atoms with E-state index >= 15 is 0 Å². The Balaban J connectivity index is 3.01. The Morgan fingerprint density at radius 1 is 1.56 bits per heavy atom. The number of hydrogen-bond donors (Lipinski definition) is 0. The fourth-order valence-electron chi connectivity index (χ4n) is 0.688. The van der Waals surface area contributed by atoms with Crippen LogP contribution in [-0.2, 0) is 0 Å². The molecule has 0 heterocycles. The van der Waals surface area contributed by atoms with Crippen LogP contribution in [0.1, 0.15) is 33.1 Å². The molecule has 0 radical (unpaired) electrons. The van der Waals surface area contributed by atoms with Gasteiger partial charge in [0.2, 0.25) is 0 Å². The molecule has 0 heteroatoms. The van der Waals surface area contributed by atoms with Crippen molar-refractivity contribution in [3.05, 3.63) is 24.3 Å². The van der Waals surface area contributed by atoms with Gasteiger partial charge in [0.05, 0.1) is 0 Å². The van der Waals surface area contributed by atoms with Gasteiger partial charge in [-0.2, -0.15) is 0 Å². The van der Waals surface area contributed by atoms with E-state index in [1.54, 1.807) is 0 Å². The number of unbranched alkanes of at least 4 members (excludes halogenated alkanes) is 1. The lowest BCUT2D eigenvalue weighted by atomic mass is 10.1. The molecule has 0 fully saturated rings. The summed E-state index contributed by atoms with van der Waals surface area (Å²) in [6.45, 7) is 7.96. The minimum Gasteiger partial charge on any atom is -0.100 e. The summed E-state index contributed by atoms with van der Waals surface area (Å²) in [5, 5.41) is 0. The third kappa shape index (κ3) is 7.48. The standard InChI is InChI=1S/C9H16/c1-4-5-6-7-8-9(2)3/h4-5H,2,6-8H2,1,3H3. The molecule has 0 aromatic heterocycles. The Bertz CT molecular complexity index is 98.6. The molecule has 0 aliphatic rings. The van der Waals surface area contributed by atoms with E-state index in [1.807, 2.05) is 0 Å². The van der Waals surface area contributed by atoms with E-state index in [9.17, 15) is 0 Å². The molecule has 0 N–H and O–H groups in total. The van der Waals surface area contributed by atoms with Crippen molar-refractivity contribution in [2.45, 2.75) is 33.1 Å². The molecule has 0 amide bonds. The summed E-state index contributed by atoms with van der Waals surface area (Å²) < 4.78 is 0. The molecule has 0 aromatic rings. The Morgan fingerprint density at radius 2 is 2.22 bits per heavy atom. The van der Waals surface area contributed by atoms with Crippen molar-refractivity contribution in [1.29, 1.82) is 0 Å². The van der Waals surface area contributed by atoms with Crippen LogP contribution in [-0.4, -0.2) is 0 Å². The Kier molecular flexibility index (Phi) is 5.29. The van der Waals surface area contributed by atoms with Crippen LogP contribution in [0.25, 0.3) is 0 Å². The van der Waals surface area contributed by atoms with Crippen molar-refractivity contribution >= 4 is 0 Å². The average Bonchev–Trinajstić information content (AvgIpc) is 1.80. The van der Waals surface area contributed by atoms with Crippen molar-refractivity contribution in [3.63, 3.8) is 0 Å². The normalized spacial score (nSPS) is 10.4. The van der Waals surface area contributed by atoms with Crippen LogP contribution in [0, 0.1) is 0 Å².